The number of Topliss-reactive ketones (excluding diaryl/α,β-unsaturated/α-hetero) is 4. The lowest BCUT2D eigenvalue weighted by atomic mass is 9.88. The van der Waals surface area contributed by atoms with Gasteiger partial charge in [-0.15, -0.1) is 0 Å². The van der Waals surface area contributed by atoms with Crippen molar-refractivity contribution in [2.45, 2.75) is 249 Å². The second-order valence-electron chi connectivity index (χ2n) is 38.3. The van der Waals surface area contributed by atoms with Crippen LogP contribution in [0.5, 0.6) is 23.0 Å². The molecule has 0 amide bonds. The Bertz CT molecular complexity index is 4980. The highest BCUT2D eigenvalue weighted by atomic mass is 79.9. The number of halogens is 1. The maximum absolute atomic E-state index is 13.1. The predicted molar refractivity (Wildman–Crippen MR) is 485 cm³/mol. The molecule has 6 heterocycles. The lowest BCUT2D eigenvalue weighted by Crippen LogP contribution is -2.41. The highest BCUT2D eigenvalue weighted by Gasteiger charge is 2.44. The first-order valence-electron chi connectivity index (χ1n) is 45.3. The summed E-state index contributed by atoms with van der Waals surface area (Å²) in [4.78, 5) is 74.5. The summed E-state index contributed by atoms with van der Waals surface area (Å²) in [7, 11) is -2.09. The monoisotopic (exact) mass is 1790 g/mol. The van der Waals surface area contributed by atoms with Gasteiger partial charge in [-0.2, -0.15) is 0 Å². The second-order valence-corrected chi connectivity index (χ2v) is 48.6. The van der Waals surface area contributed by atoms with Gasteiger partial charge in [-0.25, -0.2) is 0 Å². The summed E-state index contributed by atoms with van der Waals surface area (Å²) in [6, 6.07) is 41.9. The molecule has 7 atom stereocenters. The van der Waals surface area contributed by atoms with E-state index < -0.39 is 22.6 Å². The van der Waals surface area contributed by atoms with E-state index in [2.05, 4.69) is 120 Å². The number of methoxy groups -OCH3 is 1. The quantitative estimate of drug-likeness (QED) is 0.0409. The van der Waals surface area contributed by atoms with Crippen molar-refractivity contribution in [3.63, 3.8) is 0 Å². The molecule has 18 rings (SSSR count). The molecule has 124 heavy (non-hydrogen) atoms. The van der Waals surface area contributed by atoms with Gasteiger partial charge in [0.15, 0.2) is 39.8 Å². The van der Waals surface area contributed by atoms with Crippen LogP contribution < -0.4 is 18.9 Å². The molecule has 6 aliphatic heterocycles. The van der Waals surface area contributed by atoms with E-state index >= 15 is 0 Å². The van der Waals surface area contributed by atoms with Crippen molar-refractivity contribution >= 4 is 67.6 Å². The van der Waals surface area contributed by atoms with E-state index in [4.69, 9.17) is 56.6 Å². The van der Waals surface area contributed by atoms with Gasteiger partial charge in [-0.05, 0) is 226 Å². The molecule has 7 aromatic rings. The maximum atomic E-state index is 13.1. The highest BCUT2D eigenvalue weighted by molar-refractivity contribution is 9.10. The van der Waals surface area contributed by atoms with E-state index in [1.54, 1.807) is 0 Å². The third-order valence-corrected chi connectivity index (χ3v) is 38.0. The lowest BCUT2D eigenvalue weighted by molar-refractivity contribution is -0.141. The van der Waals surface area contributed by atoms with E-state index in [9.17, 15) is 33.9 Å². The number of esters is 1. The molecule has 0 radical (unpaired) electrons. The van der Waals surface area contributed by atoms with Gasteiger partial charge in [0.1, 0.15) is 35.2 Å². The molecule has 4 saturated heterocycles. The SMILES string of the molecule is CC(C)(C)[Si](C)(C)O[C@H]1CCc2c(Br)cccc21.CC(C)(C)[Si](C)(C)O[C@H]1CCc2c(C(=O)C3CCOCC3)cccc21.COC(=O)C[C@@H]1COc2cc(O[C@@H]3CCc4c(C(=O)C5CCOCC5)cccc43)ccc21.O=C(O)C[C@@H]1COc2cc(O[C@@H]3CCc4c(C(=O)C5CCOCC5)cccc43)ccc21.O=C(c1cccc2c1CC[C@@H]2O)C1CCOCC1. The number of carboxylic acid groups (broad SMARTS) is 1. The zero-order chi connectivity index (χ0) is 87.8. The summed E-state index contributed by atoms with van der Waals surface area (Å²) in [6.45, 7) is 29.3. The Kier molecular flexibility index (Phi) is 30.1. The minimum absolute atomic E-state index is 0.0115. The summed E-state index contributed by atoms with van der Waals surface area (Å²) in [6.07, 6.45) is 15.9. The molecule has 0 bridgehead atoms. The van der Waals surface area contributed by atoms with Crippen molar-refractivity contribution in [3.05, 3.63) is 221 Å². The number of carbonyl (C=O) groups is 6. The Morgan fingerprint density at radius 3 is 1.07 bits per heavy atom. The molecule has 11 aliphatic rings. The normalized spacial score (nSPS) is 22.1. The number of hydrogen-bond donors (Lipinski definition) is 2. The van der Waals surface area contributed by atoms with E-state index in [1.807, 2.05) is 91.0 Å². The van der Waals surface area contributed by atoms with E-state index in [0.29, 0.717) is 95.9 Å². The third kappa shape index (κ3) is 21.4. The fourth-order valence-corrected chi connectivity index (χ4v) is 22.3. The first kappa shape index (κ1) is 92.2. The van der Waals surface area contributed by atoms with E-state index in [1.165, 1.54) is 33.8 Å². The third-order valence-electron chi connectivity index (χ3n) is 28.3. The van der Waals surface area contributed by atoms with Gasteiger partial charge in [-0.1, -0.05) is 155 Å². The van der Waals surface area contributed by atoms with Crippen LogP contribution in [0.25, 0.3) is 0 Å². The number of carbonyl (C=O) groups excluding carboxylic acids is 5. The smallest absolute Gasteiger partial charge is 0.306 e. The van der Waals surface area contributed by atoms with Crippen LogP contribution in [0, 0.1) is 23.7 Å². The zero-order valence-corrected chi connectivity index (χ0v) is 78.0. The van der Waals surface area contributed by atoms with Crippen LogP contribution in [0.2, 0.25) is 36.3 Å². The van der Waals surface area contributed by atoms with Gasteiger partial charge in [0, 0.05) is 138 Å². The molecule has 22 heteroatoms. The van der Waals surface area contributed by atoms with Crippen LogP contribution >= 0.6 is 15.9 Å². The summed E-state index contributed by atoms with van der Waals surface area (Å²) in [5, 5.41) is 19.4. The van der Waals surface area contributed by atoms with Crippen molar-refractivity contribution in [1.82, 2.24) is 0 Å². The summed E-state index contributed by atoms with van der Waals surface area (Å²) < 4.78 is 65.0. The number of fused-ring (bicyclic) bond motifs is 7. The molecule has 0 spiro atoms. The lowest BCUT2D eigenvalue weighted by Gasteiger charge is -2.38. The minimum atomic E-state index is -1.82. The molecule has 2 N–H and O–H groups in total. The van der Waals surface area contributed by atoms with Gasteiger partial charge in [-0.3, -0.25) is 28.8 Å². The molecule has 0 saturated carbocycles. The maximum Gasteiger partial charge on any atom is 0.306 e. The second kappa shape index (κ2) is 40.5. The average Bonchev–Trinajstić information content (AvgIpc) is 1.64. The molecule has 19 nitrogen and oxygen atoms in total. The molecule has 0 unspecified atom stereocenters. The predicted octanol–water partition coefficient (Wildman–Crippen LogP) is 21.8. The van der Waals surface area contributed by atoms with Crippen molar-refractivity contribution in [2.24, 2.45) is 23.7 Å². The number of ether oxygens (including phenoxy) is 9. The van der Waals surface area contributed by atoms with Crippen LogP contribution in [0.3, 0.4) is 0 Å². The number of rotatable bonds is 20. The van der Waals surface area contributed by atoms with Crippen LogP contribution in [0.15, 0.2) is 132 Å². The zero-order valence-electron chi connectivity index (χ0n) is 74.4. The Balaban J connectivity index is 0.000000129. The summed E-state index contributed by atoms with van der Waals surface area (Å²) in [5.74, 6) is 3.10. The van der Waals surface area contributed by atoms with Crippen LogP contribution in [-0.4, -0.2) is 135 Å². The number of benzene rings is 7. The van der Waals surface area contributed by atoms with Crippen molar-refractivity contribution in [3.8, 4) is 23.0 Å². The fourth-order valence-electron chi connectivity index (χ4n) is 19.1. The number of hydrogen-bond acceptors (Lipinski definition) is 18. The largest absolute Gasteiger partial charge is 0.492 e. The van der Waals surface area contributed by atoms with Gasteiger partial charge < -0.3 is 61.7 Å². The van der Waals surface area contributed by atoms with Gasteiger partial charge in [0.25, 0.3) is 0 Å². The Labute approximate surface area is 742 Å². The van der Waals surface area contributed by atoms with Crippen LogP contribution in [0.4, 0.5) is 0 Å². The Morgan fingerprint density at radius 1 is 0.395 bits per heavy atom. The topological polar surface area (TPSA) is 244 Å². The van der Waals surface area contributed by atoms with Crippen LogP contribution in [0.1, 0.15) is 288 Å². The van der Waals surface area contributed by atoms with E-state index in [-0.39, 0.29) is 99.7 Å². The van der Waals surface area contributed by atoms with Gasteiger partial charge >= 0.3 is 11.9 Å². The van der Waals surface area contributed by atoms with Gasteiger partial charge in [0.2, 0.25) is 0 Å². The molecule has 5 aliphatic carbocycles. The van der Waals surface area contributed by atoms with Crippen LogP contribution in [-0.2, 0) is 74.2 Å². The van der Waals surface area contributed by atoms with Crippen molar-refractivity contribution in [1.29, 1.82) is 0 Å². The summed E-state index contributed by atoms with van der Waals surface area (Å²) in [5.41, 5.74) is 17.2. The Morgan fingerprint density at radius 2 is 0.710 bits per heavy atom. The number of aliphatic carboxylic acids is 1. The fraction of sp³-hybridized carbons (Fsp3) is 0.529. The Hall–Kier alpha value is -8.01. The number of aliphatic hydroxyl groups is 1. The molecular weight excluding hydrogens is 1670 g/mol. The molecule has 0 aromatic heterocycles. The van der Waals surface area contributed by atoms with Crippen molar-refractivity contribution < 1.29 is 90.5 Å². The highest BCUT2D eigenvalue weighted by Crippen LogP contribution is 2.50. The van der Waals surface area contributed by atoms with Gasteiger partial charge in [0.05, 0.1) is 51.5 Å². The first-order valence-corrected chi connectivity index (χ1v) is 52.0. The first-order chi connectivity index (χ1) is 59.4. The number of carboxylic acids is 1. The standard InChI is InChI=1S/C26H28O6.C25H26O6.C21H32O3Si.C15H23BrOSi.C15H18O3/c1-29-25(27)13-17-15-31-24-14-18(5-6-19(17)24)32-23-8-7-20-21(23)3-2-4-22(20)26(28)16-9-11-30-12-10-16;26-24(27)12-16-14-30-23-13-17(4-5-18(16)23)31-22-7-6-19-20(22)2-1-3-21(19)25(28)15-8-10-29-11-9-15;1-21(2,3)25(4,5)24-19-10-9-16-17(19)7-6-8-18(16)20(22)15-11-13-23-14-12-15;1-15(2,3)18(4,5)17-14-10-9-11-12(14)7-6-8-13(11)16;16-14-5-4-11-12(14)2-1-3-13(11)15(17)10-6-8-18-9-7-10/h2-6,14,16-17,23H,7-13,15H2,1H3;1-5,13,15-16,22H,6-12,14H2,(H,26,27);6-8,15,19H,9-14H2,1-5H3;6-8,14H,9-10H2,1-5H3;1-3,10,14,16H,4-9H2/t17-,23-;16-,22-;19-;2*14-/m11000/s1. The average molecular weight is 1790 g/mol. The molecule has 664 valence electrons. The van der Waals surface area contributed by atoms with E-state index in [0.717, 1.165) is 194 Å². The number of ketones is 4. The molecule has 4 fully saturated rings. The number of aliphatic hydroxyl groups excluding tert-OH is 1. The summed E-state index contributed by atoms with van der Waals surface area (Å²) >= 11 is 3.65. The van der Waals surface area contributed by atoms with Crippen molar-refractivity contribution in [2.75, 3.05) is 73.2 Å². The molecule has 7 aromatic carbocycles. The minimum Gasteiger partial charge on any atom is -0.492 e. The molecular formula is C102H127BrO19Si2.